The van der Waals surface area contributed by atoms with E-state index in [4.69, 9.17) is 0 Å². The number of carboxylic acids is 1. The Morgan fingerprint density at radius 1 is 0.864 bits per heavy atom. The van der Waals surface area contributed by atoms with Crippen LogP contribution in [0.2, 0.25) is 0 Å². The van der Waals surface area contributed by atoms with Gasteiger partial charge in [-0.3, -0.25) is 0 Å². The van der Waals surface area contributed by atoms with Crippen LogP contribution in [-0.2, 0) is 14.8 Å². The predicted octanol–water partition coefficient (Wildman–Crippen LogP) is -1.03. The van der Waals surface area contributed by atoms with Crippen molar-refractivity contribution >= 4 is 16.0 Å². The fraction of sp³-hybridized carbons (Fsp3) is 0.933. The Labute approximate surface area is 178 Å². The molecule has 0 saturated carbocycles. The topological polar surface area (TPSA) is 86.3 Å². The number of carbonyl (C=O) groups is 1. The monoisotopic (exact) mass is 359 g/mol. The zero-order valence-electron chi connectivity index (χ0n) is 14.2. The first kappa shape index (κ1) is 25.3. The number of carboxylic acid groups (broad SMARTS) is 1. The first-order valence-corrected chi connectivity index (χ1v) is 9.80. The van der Waals surface area contributed by atoms with Crippen molar-refractivity contribution in [3.8, 4) is 0 Å². The summed E-state index contributed by atoms with van der Waals surface area (Å²) in [5, 5.41) is 10.2. The molecule has 0 aromatic heterocycles. The van der Waals surface area contributed by atoms with E-state index in [1.165, 1.54) is 44.9 Å². The molecule has 22 heavy (non-hydrogen) atoms. The van der Waals surface area contributed by atoms with Crippen molar-refractivity contribution in [1.82, 2.24) is 4.72 Å². The number of hydrogen-bond acceptors (Lipinski definition) is 4. The van der Waals surface area contributed by atoms with Gasteiger partial charge in [0.2, 0.25) is 10.0 Å². The molecule has 126 valence electrons. The van der Waals surface area contributed by atoms with Crippen LogP contribution in [0.25, 0.3) is 0 Å². The molecule has 0 saturated heterocycles. The average molecular weight is 360 g/mol. The van der Waals surface area contributed by atoms with Crippen LogP contribution in [0.3, 0.4) is 0 Å². The molecule has 0 aliphatic heterocycles. The second-order valence-electron chi connectivity index (χ2n) is 5.55. The van der Waals surface area contributed by atoms with Gasteiger partial charge in [0.05, 0.1) is 18.3 Å². The molecule has 0 amide bonds. The molecule has 0 unspecified atom stereocenters. The molecule has 0 aliphatic carbocycles. The Balaban J connectivity index is 0. The molecule has 0 fully saturated rings. The van der Waals surface area contributed by atoms with Gasteiger partial charge in [-0.25, -0.2) is 13.1 Å². The normalized spacial score (nSPS) is 11.1. The summed E-state index contributed by atoms with van der Waals surface area (Å²) in [6, 6.07) is 0. The van der Waals surface area contributed by atoms with Crippen molar-refractivity contribution in [2.75, 3.05) is 12.3 Å². The van der Waals surface area contributed by atoms with E-state index < -0.39 is 22.5 Å². The molecule has 0 radical (unpaired) electrons. The van der Waals surface area contributed by atoms with Crippen LogP contribution in [0, 0.1) is 0 Å². The molecule has 5 nitrogen and oxygen atoms in total. The first-order chi connectivity index (χ1) is 9.98. The number of rotatable bonds is 15. The third-order valence-corrected chi connectivity index (χ3v) is 4.86. The van der Waals surface area contributed by atoms with Gasteiger partial charge in [0, 0.05) is 0 Å². The molecule has 0 rings (SSSR count). The van der Waals surface area contributed by atoms with Gasteiger partial charge >= 0.3 is 51.4 Å². The predicted molar refractivity (Wildman–Crippen MR) is 83.3 cm³/mol. The smallest absolute Gasteiger partial charge is 0.549 e. The van der Waals surface area contributed by atoms with Crippen LogP contribution >= 0.6 is 0 Å². The zero-order chi connectivity index (χ0) is 16.0. The minimum absolute atomic E-state index is 0. The van der Waals surface area contributed by atoms with Crippen molar-refractivity contribution in [1.29, 1.82) is 0 Å². The number of unbranched alkanes of at least 4 members (excludes halogenated alkanes) is 10. The van der Waals surface area contributed by atoms with Crippen molar-refractivity contribution in [3.63, 3.8) is 0 Å². The maximum Gasteiger partial charge on any atom is 1.00 e. The van der Waals surface area contributed by atoms with E-state index in [1.807, 2.05) is 4.72 Å². The van der Waals surface area contributed by atoms with E-state index in [9.17, 15) is 18.3 Å². The van der Waals surface area contributed by atoms with E-state index in [0.717, 1.165) is 19.3 Å². The quantitative estimate of drug-likeness (QED) is 0.299. The third kappa shape index (κ3) is 19.1. The van der Waals surface area contributed by atoms with Crippen LogP contribution < -0.4 is 61.2 Å². The Morgan fingerprint density at radius 2 is 1.27 bits per heavy atom. The van der Waals surface area contributed by atoms with Crippen LogP contribution in [0.15, 0.2) is 0 Å². The largest absolute Gasteiger partial charge is 1.00 e. The van der Waals surface area contributed by atoms with Gasteiger partial charge in [0.15, 0.2) is 0 Å². The zero-order valence-corrected chi connectivity index (χ0v) is 18.2. The summed E-state index contributed by atoms with van der Waals surface area (Å²) in [6.07, 6.45) is 12.7. The maximum atomic E-state index is 11.4. The molecule has 0 spiro atoms. The maximum absolute atomic E-state index is 11.4. The summed E-state index contributed by atoms with van der Waals surface area (Å²) in [7, 11) is -3.46. The molecule has 7 heteroatoms. The SMILES string of the molecule is CCCCCCCCCCCCCS(=O)(=O)NCC(=O)[O-].[K+]. The number of carbonyl (C=O) groups excluding carboxylic acids is 1. The fourth-order valence-electron chi connectivity index (χ4n) is 2.20. The Kier molecular flexibility index (Phi) is 19.4. The molecule has 0 atom stereocenters. The molecule has 0 aliphatic rings. The fourth-order valence-corrected chi connectivity index (χ4v) is 3.26. The van der Waals surface area contributed by atoms with Crippen LogP contribution in [-0.4, -0.2) is 26.7 Å². The summed E-state index contributed by atoms with van der Waals surface area (Å²) >= 11 is 0. The molecule has 0 bridgehead atoms. The standard InChI is InChI=1S/C15H31NO4S.K/c1-2-3-4-5-6-7-8-9-10-11-12-13-21(19,20)16-14-15(17)18;/h16H,2-14H2,1H3,(H,17,18);/q;+1/p-1. The van der Waals surface area contributed by atoms with Gasteiger partial charge in [-0.2, -0.15) is 0 Å². The molecule has 0 aromatic rings. The van der Waals surface area contributed by atoms with E-state index >= 15 is 0 Å². The minimum Gasteiger partial charge on any atom is -0.549 e. The second-order valence-corrected chi connectivity index (χ2v) is 7.47. The number of nitrogens with one attached hydrogen (secondary N) is 1. The summed E-state index contributed by atoms with van der Waals surface area (Å²) < 4.78 is 24.8. The number of aliphatic carboxylic acids is 1. The van der Waals surface area contributed by atoms with E-state index in [-0.39, 0.29) is 57.1 Å². The molecule has 1 N–H and O–H groups in total. The Hall–Kier alpha value is 1.02. The molecule has 0 heterocycles. The van der Waals surface area contributed by atoms with Crippen LogP contribution in [0.4, 0.5) is 0 Å². The summed E-state index contributed by atoms with van der Waals surface area (Å²) in [5.41, 5.74) is 0. The van der Waals surface area contributed by atoms with Crippen molar-refractivity contribution in [3.05, 3.63) is 0 Å². The summed E-state index contributed by atoms with van der Waals surface area (Å²) in [5.74, 6) is -1.41. The second kappa shape index (κ2) is 16.9. The first-order valence-electron chi connectivity index (χ1n) is 8.15. The van der Waals surface area contributed by atoms with Crippen molar-refractivity contribution in [2.24, 2.45) is 0 Å². The number of sulfonamides is 1. The van der Waals surface area contributed by atoms with Crippen LogP contribution in [0.5, 0.6) is 0 Å². The van der Waals surface area contributed by atoms with Gasteiger partial charge in [-0.15, -0.1) is 0 Å². The molecular weight excluding hydrogens is 329 g/mol. The van der Waals surface area contributed by atoms with Gasteiger partial charge in [0.25, 0.3) is 0 Å². The van der Waals surface area contributed by atoms with Gasteiger partial charge in [-0.05, 0) is 6.42 Å². The summed E-state index contributed by atoms with van der Waals surface area (Å²) in [4.78, 5) is 10.2. The van der Waals surface area contributed by atoms with Gasteiger partial charge < -0.3 is 9.90 Å². The van der Waals surface area contributed by atoms with Crippen molar-refractivity contribution < 1.29 is 69.7 Å². The molecule has 0 aromatic carbocycles. The van der Waals surface area contributed by atoms with E-state index in [0.29, 0.717) is 6.42 Å². The number of hydrogen-bond donors (Lipinski definition) is 1. The van der Waals surface area contributed by atoms with Gasteiger partial charge in [-0.1, -0.05) is 71.1 Å². The van der Waals surface area contributed by atoms with Crippen molar-refractivity contribution in [2.45, 2.75) is 77.6 Å². The van der Waals surface area contributed by atoms with E-state index in [2.05, 4.69) is 6.92 Å². The Morgan fingerprint density at radius 3 is 1.68 bits per heavy atom. The minimum atomic E-state index is -3.46. The average Bonchev–Trinajstić information content (AvgIpc) is 2.43. The van der Waals surface area contributed by atoms with Crippen LogP contribution in [0.1, 0.15) is 77.6 Å². The van der Waals surface area contributed by atoms with E-state index in [1.54, 1.807) is 0 Å². The molecular formula is C15H30KNO4S. The summed E-state index contributed by atoms with van der Waals surface area (Å²) in [6.45, 7) is 1.58. The van der Waals surface area contributed by atoms with Gasteiger partial charge in [0.1, 0.15) is 0 Å². The Bertz CT molecular complexity index is 361. The third-order valence-electron chi connectivity index (χ3n) is 3.45.